The second-order valence-electron chi connectivity index (χ2n) is 16.8. The van der Waals surface area contributed by atoms with Crippen LogP contribution in [0.15, 0.2) is 266 Å². The maximum atomic E-state index is 5.31. The zero-order valence-electron chi connectivity index (χ0n) is 36.4. The lowest BCUT2D eigenvalue weighted by Gasteiger charge is -2.36. The van der Waals surface area contributed by atoms with Gasteiger partial charge in [0.2, 0.25) is 0 Å². The monoisotopic (exact) mass is 845 g/mol. The van der Waals surface area contributed by atoms with Crippen LogP contribution in [0.2, 0.25) is 0 Å². The van der Waals surface area contributed by atoms with Gasteiger partial charge in [-0.1, -0.05) is 237 Å². The second-order valence-corrected chi connectivity index (χ2v) is 16.8. The minimum absolute atomic E-state index is 0.0915. The van der Waals surface area contributed by atoms with E-state index in [0.29, 0.717) is 0 Å². The Morgan fingerprint density at radius 2 is 0.742 bits per heavy atom. The molecule has 0 aromatic heterocycles. The molecule has 2 heterocycles. The summed E-state index contributed by atoms with van der Waals surface area (Å²) in [5, 5.41) is 7.96. The molecule has 66 heavy (non-hydrogen) atoms. The van der Waals surface area contributed by atoms with Crippen molar-refractivity contribution in [3.63, 3.8) is 0 Å². The molecule has 11 rings (SSSR count). The summed E-state index contributed by atoms with van der Waals surface area (Å²) >= 11 is 0. The van der Waals surface area contributed by atoms with Crippen molar-refractivity contribution < 1.29 is 0 Å². The van der Waals surface area contributed by atoms with Crippen molar-refractivity contribution in [1.82, 2.24) is 10.6 Å². The predicted molar refractivity (Wildman–Crippen MR) is 276 cm³/mol. The topological polar surface area (TPSA) is 36.4 Å². The van der Waals surface area contributed by atoms with Gasteiger partial charge in [-0.05, 0) is 96.6 Å². The molecule has 0 saturated carbocycles. The molecule has 0 amide bonds. The van der Waals surface area contributed by atoms with E-state index in [1.807, 2.05) is 0 Å². The molecule has 2 aliphatic rings. The lowest BCUT2D eigenvalue weighted by atomic mass is 9.76. The van der Waals surface area contributed by atoms with E-state index >= 15 is 0 Å². The van der Waals surface area contributed by atoms with Gasteiger partial charge in [-0.15, -0.1) is 0 Å². The van der Waals surface area contributed by atoms with Crippen LogP contribution < -0.4 is 10.6 Å². The summed E-state index contributed by atoms with van der Waals surface area (Å²) in [4.78, 5) is 5.31. The number of rotatable bonds is 10. The Labute approximate surface area is 387 Å². The summed E-state index contributed by atoms with van der Waals surface area (Å²) in [6, 6.07) is 90.9. The lowest BCUT2D eigenvalue weighted by Crippen LogP contribution is -2.31. The molecule has 2 unspecified atom stereocenters. The number of hydrogen-bond donors (Lipinski definition) is 2. The van der Waals surface area contributed by atoms with Crippen LogP contribution in [0.5, 0.6) is 0 Å². The predicted octanol–water partition coefficient (Wildman–Crippen LogP) is 15.0. The number of benzene rings is 9. The van der Waals surface area contributed by atoms with Crippen LogP contribution in [0.25, 0.3) is 50.4 Å². The Bertz CT molecular complexity index is 3260. The van der Waals surface area contributed by atoms with Crippen LogP contribution in [0.3, 0.4) is 0 Å². The summed E-state index contributed by atoms with van der Waals surface area (Å²) in [6.45, 7) is 0. The molecule has 3 heteroatoms. The second kappa shape index (κ2) is 18.3. The third-order valence-electron chi connectivity index (χ3n) is 12.6. The van der Waals surface area contributed by atoms with Crippen molar-refractivity contribution in [2.75, 3.05) is 0 Å². The molecule has 2 N–H and O–H groups in total. The van der Waals surface area contributed by atoms with Crippen LogP contribution in [-0.2, 0) is 0 Å². The van der Waals surface area contributed by atoms with Crippen molar-refractivity contribution in [2.24, 2.45) is 4.99 Å². The van der Waals surface area contributed by atoms with E-state index in [2.05, 4.69) is 271 Å². The summed E-state index contributed by atoms with van der Waals surface area (Å²) < 4.78 is 0. The number of allylic oxidation sites excluding steroid dienone is 2. The van der Waals surface area contributed by atoms with E-state index in [0.717, 1.165) is 56.2 Å². The van der Waals surface area contributed by atoms with E-state index in [1.54, 1.807) is 0 Å². The van der Waals surface area contributed by atoms with Crippen molar-refractivity contribution in [1.29, 1.82) is 0 Å². The van der Waals surface area contributed by atoms with E-state index in [-0.39, 0.29) is 12.1 Å². The van der Waals surface area contributed by atoms with Crippen LogP contribution >= 0.6 is 0 Å². The van der Waals surface area contributed by atoms with Gasteiger partial charge in [-0.3, -0.25) is 0 Å². The quantitative estimate of drug-likeness (QED) is 0.144. The van der Waals surface area contributed by atoms with E-state index in [1.165, 1.54) is 44.5 Å². The average molecular weight is 846 g/mol. The molecule has 0 bridgehead atoms. The highest BCUT2D eigenvalue weighted by molar-refractivity contribution is 6.24. The Hall–Kier alpha value is -8.53. The molecule has 9 aromatic rings. The van der Waals surface area contributed by atoms with E-state index in [4.69, 9.17) is 4.99 Å². The SMILES string of the molecule is C1=C(c2ccccc2)N=C(c2cccc(-c3cccc(C4=C(c5ccccc5)C(c5ccccc5)NC(c5ccccc5)=C4c4ccccc4)c3)c2)NC1c1cccc(-c2ccccc2)c1. The number of amidine groups is 1. The smallest absolute Gasteiger partial charge is 0.134 e. The fraction of sp³-hybridized carbons (Fsp3) is 0.0317. The number of hydrogen-bond acceptors (Lipinski definition) is 3. The Morgan fingerprint density at radius 1 is 0.303 bits per heavy atom. The number of nitrogens with zero attached hydrogens (tertiary/aromatic N) is 1. The molecular formula is C63H47N3. The van der Waals surface area contributed by atoms with Crippen LogP contribution in [0.4, 0.5) is 0 Å². The van der Waals surface area contributed by atoms with Gasteiger partial charge in [-0.25, -0.2) is 4.99 Å². The molecule has 0 saturated heterocycles. The van der Waals surface area contributed by atoms with Crippen LogP contribution in [0, 0.1) is 0 Å². The molecule has 3 nitrogen and oxygen atoms in total. The van der Waals surface area contributed by atoms with Gasteiger partial charge in [0.25, 0.3) is 0 Å². The van der Waals surface area contributed by atoms with Gasteiger partial charge in [0.1, 0.15) is 5.84 Å². The Balaban J connectivity index is 1.05. The standard InChI is InChI=1S/C63H47N3/c1-7-22-44(23-8-1)50-34-19-37-53(40-50)57-43-56(45-24-9-2-10-25-45)64-63(65-57)55-39-21-36-52(42-55)51-35-20-38-54(41-51)58-59(46-26-11-3-12-27-46)61(48-30-15-5-16-31-48)66-62(49-32-17-6-18-33-49)60(58)47-28-13-4-14-29-47/h1-43,57,61,66H,(H,64,65). The van der Waals surface area contributed by atoms with Gasteiger partial charge < -0.3 is 10.6 Å². The Kier molecular flexibility index (Phi) is 11.2. The molecule has 0 spiro atoms. The van der Waals surface area contributed by atoms with E-state index < -0.39 is 0 Å². The molecule has 9 aromatic carbocycles. The molecule has 0 aliphatic carbocycles. The van der Waals surface area contributed by atoms with Crippen LogP contribution in [-0.4, -0.2) is 5.84 Å². The minimum atomic E-state index is -0.123. The summed E-state index contributed by atoms with van der Waals surface area (Å²) in [5.74, 6) is 0.837. The first-order chi connectivity index (χ1) is 32.7. The molecule has 0 radical (unpaired) electrons. The normalized spacial score (nSPS) is 15.9. The largest absolute Gasteiger partial charge is 0.373 e. The van der Waals surface area contributed by atoms with Gasteiger partial charge in [0, 0.05) is 11.1 Å². The highest BCUT2D eigenvalue weighted by atomic mass is 15.0. The molecule has 2 atom stereocenters. The van der Waals surface area contributed by atoms with Crippen molar-refractivity contribution in [3.8, 4) is 22.3 Å². The first-order valence-corrected chi connectivity index (χ1v) is 22.7. The minimum Gasteiger partial charge on any atom is -0.373 e. The molecule has 2 aliphatic heterocycles. The highest BCUT2D eigenvalue weighted by Crippen LogP contribution is 2.50. The molecule has 0 fully saturated rings. The maximum Gasteiger partial charge on any atom is 0.134 e. The molecular weight excluding hydrogens is 799 g/mol. The summed E-state index contributed by atoms with van der Waals surface area (Å²) in [5.41, 5.74) is 19.4. The number of nitrogens with one attached hydrogen (secondary N) is 2. The Morgan fingerprint density at radius 3 is 1.36 bits per heavy atom. The zero-order valence-corrected chi connectivity index (χ0v) is 36.4. The van der Waals surface area contributed by atoms with Crippen LogP contribution in [0.1, 0.15) is 56.6 Å². The zero-order chi connectivity index (χ0) is 44.1. The first kappa shape index (κ1) is 40.3. The summed E-state index contributed by atoms with van der Waals surface area (Å²) in [6.07, 6.45) is 2.25. The number of aliphatic imine (C=N–C) groups is 1. The first-order valence-electron chi connectivity index (χ1n) is 22.7. The number of dihydropyridines is 1. The fourth-order valence-electron chi connectivity index (χ4n) is 9.42. The fourth-order valence-corrected chi connectivity index (χ4v) is 9.42. The van der Waals surface area contributed by atoms with Crippen molar-refractivity contribution in [2.45, 2.75) is 12.1 Å². The van der Waals surface area contributed by atoms with E-state index in [9.17, 15) is 0 Å². The van der Waals surface area contributed by atoms with Crippen molar-refractivity contribution in [3.05, 3.63) is 305 Å². The highest BCUT2D eigenvalue weighted by Gasteiger charge is 2.33. The third kappa shape index (κ3) is 8.22. The maximum absolute atomic E-state index is 5.31. The third-order valence-corrected chi connectivity index (χ3v) is 12.6. The molecule has 314 valence electrons. The lowest BCUT2D eigenvalue weighted by molar-refractivity contribution is 0.781. The van der Waals surface area contributed by atoms with Gasteiger partial charge in [-0.2, -0.15) is 0 Å². The van der Waals surface area contributed by atoms with Crippen molar-refractivity contribution >= 4 is 33.9 Å². The van der Waals surface area contributed by atoms with Gasteiger partial charge >= 0.3 is 0 Å². The summed E-state index contributed by atoms with van der Waals surface area (Å²) in [7, 11) is 0. The average Bonchev–Trinajstić information content (AvgIpc) is 3.41. The van der Waals surface area contributed by atoms with Gasteiger partial charge in [0.15, 0.2) is 0 Å². The van der Waals surface area contributed by atoms with Gasteiger partial charge in [0.05, 0.1) is 23.5 Å².